The Kier molecular flexibility index (Phi) is 3.83. The normalized spacial score (nSPS) is 15.6. The van der Waals surface area contributed by atoms with Crippen LogP contribution in [0.2, 0.25) is 0 Å². The fourth-order valence-electron chi connectivity index (χ4n) is 2.73. The molecule has 0 spiro atoms. The SMILES string of the molecule is CC(C)(C)c1nc2c(c(=O)[nH]1)CCN(Cc1ccncc1)C2. The molecule has 0 saturated heterocycles. The van der Waals surface area contributed by atoms with Gasteiger partial charge in [0.05, 0.1) is 5.69 Å². The van der Waals surface area contributed by atoms with E-state index in [-0.39, 0.29) is 11.0 Å². The molecule has 3 rings (SSSR count). The number of nitrogens with zero attached hydrogens (tertiary/aromatic N) is 3. The zero-order valence-corrected chi connectivity index (χ0v) is 13.4. The van der Waals surface area contributed by atoms with Crippen LogP contribution in [0.25, 0.3) is 0 Å². The molecule has 0 fully saturated rings. The third-order valence-corrected chi connectivity index (χ3v) is 4.02. The quantitative estimate of drug-likeness (QED) is 0.921. The van der Waals surface area contributed by atoms with Crippen molar-refractivity contribution >= 4 is 0 Å². The van der Waals surface area contributed by atoms with Crippen LogP contribution in [0.5, 0.6) is 0 Å². The molecule has 1 N–H and O–H groups in total. The van der Waals surface area contributed by atoms with Crippen molar-refractivity contribution in [1.29, 1.82) is 0 Å². The van der Waals surface area contributed by atoms with Crippen molar-refractivity contribution in [2.45, 2.75) is 45.7 Å². The molecular formula is C17H22N4O. The lowest BCUT2D eigenvalue weighted by atomic mass is 9.95. The molecule has 5 nitrogen and oxygen atoms in total. The van der Waals surface area contributed by atoms with Gasteiger partial charge in [0.2, 0.25) is 0 Å². The summed E-state index contributed by atoms with van der Waals surface area (Å²) in [5, 5.41) is 0. The molecule has 0 amide bonds. The van der Waals surface area contributed by atoms with Gasteiger partial charge in [-0.2, -0.15) is 0 Å². The number of hydrogen-bond donors (Lipinski definition) is 1. The van der Waals surface area contributed by atoms with Crippen LogP contribution < -0.4 is 5.56 Å². The number of hydrogen-bond acceptors (Lipinski definition) is 4. The molecule has 5 heteroatoms. The summed E-state index contributed by atoms with van der Waals surface area (Å²) in [5.74, 6) is 0.766. The van der Waals surface area contributed by atoms with Crippen LogP contribution in [0.4, 0.5) is 0 Å². The average Bonchev–Trinajstić information content (AvgIpc) is 2.47. The molecule has 0 radical (unpaired) electrons. The summed E-state index contributed by atoms with van der Waals surface area (Å²) in [7, 11) is 0. The summed E-state index contributed by atoms with van der Waals surface area (Å²) in [4.78, 5) is 26.3. The van der Waals surface area contributed by atoms with Crippen LogP contribution in [0.1, 0.15) is 43.4 Å². The first-order valence-corrected chi connectivity index (χ1v) is 7.67. The second-order valence-corrected chi connectivity index (χ2v) is 6.91. The van der Waals surface area contributed by atoms with E-state index < -0.39 is 0 Å². The second-order valence-electron chi connectivity index (χ2n) is 6.91. The maximum absolute atomic E-state index is 12.3. The molecule has 0 saturated carbocycles. The van der Waals surface area contributed by atoms with Crippen molar-refractivity contribution in [3.63, 3.8) is 0 Å². The molecule has 0 aromatic carbocycles. The van der Waals surface area contributed by atoms with E-state index in [1.165, 1.54) is 5.56 Å². The minimum absolute atomic E-state index is 0.0264. The van der Waals surface area contributed by atoms with Gasteiger partial charge in [-0.3, -0.25) is 14.7 Å². The minimum Gasteiger partial charge on any atom is -0.310 e. The fraction of sp³-hybridized carbons (Fsp3) is 0.471. The second kappa shape index (κ2) is 5.65. The fourth-order valence-corrected chi connectivity index (χ4v) is 2.73. The first-order valence-electron chi connectivity index (χ1n) is 7.67. The molecular weight excluding hydrogens is 276 g/mol. The Labute approximate surface area is 130 Å². The van der Waals surface area contributed by atoms with Crippen molar-refractivity contribution in [2.24, 2.45) is 0 Å². The topological polar surface area (TPSA) is 61.9 Å². The molecule has 0 aliphatic carbocycles. The Balaban J connectivity index is 1.85. The lowest BCUT2D eigenvalue weighted by Gasteiger charge is -2.29. The Morgan fingerprint density at radius 3 is 2.68 bits per heavy atom. The summed E-state index contributed by atoms with van der Waals surface area (Å²) in [5.41, 5.74) is 2.88. The molecule has 1 aliphatic heterocycles. The van der Waals surface area contributed by atoms with E-state index in [4.69, 9.17) is 4.98 Å². The molecule has 0 bridgehead atoms. The van der Waals surface area contributed by atoms with E-state index in [0.717, 1.165) is 43.1 Å². The molecule has 0 unspecified atom stereocenters. The number of nitrogens with one attached hydrogen (secondary N) is 1. The smallest absolute Gasteiger partial charge is 0.254 e. The van der Waals surface area contributed by atoms with E-state index in [9.17, 15) is 4.79 Å². The van der Waals surface area contributed by atoms with Crippen LogP contribution in [-0.4, -0.2) is 26.4 Å². The molecule has 116 valence electrons. The molecule has 3 heterocycles. The van der Waals surface area contributed by atoms with Crippen molar-refractivity contribution in [2.75, 3.05) is 6.54 Å². The van der Waals surface area contributed by atoms with Crippen LogP contribution >= 0.6 is 0 Å². The zero-order valence-electron chi connectivity index (χ0n) is 13.4. The third-order valence-electron chi connectivity index (χ3n) is 4.02. The Morgan fingerprint density at radius 1 is 1.27 bits per heavy atom. The van der Waals surface area contributed by atoms with Gasteiger partial charge < -0.3 is 4.98 Å². The summed E-state index contributed by atoms with van der Waals surface area (Å²) in [6.45, 7) is 8.67. The summed E-state index contributed by atoms with van der Waals surface area (Å²) in [6.07, 6.45) is 4.38. The van der Waals surface area contributed by atoms with Crippen molar-refractivity contribution in [1.82, 2.24) is 19.9 Å². The lowest BCUT2D eigenvalue weighted by molar-refractivity contribution is 0.239. The largest absolute Gasteiger partial charge is 0.310 e. The van der Waals surface area contributed by atoms with Gasteiger partial charge in [-0.05, 0) is 24.1 Å². The zero-order chi connectivity index (χ0) is 15.7. The van der Waals surface area contributed by atoms with Gasteiger partial charge in [0, 0.05) is 43.0 Å². The van der Waals surface area contributed by atoms with Crippen LogP contribution in [0, 0.1) is 0 Å². The van der Waals surface area contributed by atoms with E-state index in [2.05, 4.69) is 35.6 Å². The van der Waals surface area contributed by atoms with Crippen molar-refractivity contribution in [3.05, 3.63) is 57.5 Å². The highest BCUT2D eigenvalue weighted by Gasteiger charge is 2.24. The molecule has 22 heavy (non-hydrogen) atoms. The first kappa shape index (κ1) is 14.9. The number of aromatic nitrogens is 3. The Bertz CT molecular complexity index is 716. The number of rotatable bonds is 2. The number of fused-ring (bicyclic) bond motifs is 1. The summed E-state index contributed by atoms with van der Waals surface area (Å²) < 4.78 is 0. The highest BCUT2D eigenvalue weighted by atomic mass is 16.1. The standard InChI is InChI=1S/C17H22N4O/c1-17(2,3)16-19-14-11-21(9-6-13(14)15(22)20-16)10-12-4-7-18-8-5-12/h4-5,7-8H,6,9-11H2,1-3H3,(H,19,20,22). The Hall–Kier alpha value is -2.01. The highest BCUT2D eigenvalue weighted by Crippen LogP contribution is 2.21. The van der Waals surface area contributed by atoms with Crippen molar-refractivity contribution < 1.29 is 0 Å². The maximum Gasteiger partial charge on any atom is 0.254 e. The van der Waals surface area contributed by atoms with Gasteiger partial charge in [-0.15, -0.1) is 0 Å². The summed E-state index contributed by atoms with van der Waals surface area (Å²) in [6, 6.07) is 4.06. The molecule has 1 aliphatic rings. The van der Waals surface area contributed by atoms with Crippen molar-refractivity contribution in [3.8, 4) is 0 Å². The molecule has 2 aromatic heterocycles. The predicted octanol–water partition coefficient (Wildman–Crippen LogP) is 2.02. The van der Waals surface area contributed by atoms with Crippen LogP contribution in [-0.2, 0) is 24.9 Å². The van der Waals surface area contributed by atoms with Crippen LogP contribution in [0.3, 0.4) is 0 Å². The lowest BCUT2D eigenvalue weighted by Crippen LogP contribution is -2.36. The van der Waals surface area contributed by atoms with E-state index in [0.29, 0.717) is 0 Å². The maximum atomic E-state index is 12.3. The molecule has 0 atom stereocenters. The van der Waals surface area contributed by atoms with E-state index in [1.54, 1.807) is 0 Å². The van der Waals surface area contributed by atoms with Crippen LogP contribution in [0.15, 0.2) is 29.3 Å². The van der Waals surface area contributed by atoms with Gasteiger partial charge in [0.25, 0.3) is 5.56 Å². The van der Waals surface area contributed by atoms with E-state index >= 15 is 0 Å². The number of pyridine rings is 1. The Morgan fingerprint density at radius 2 is 2.00 bits per heavy atom. The van der Waals surface area contributed by atoms with Gasteiger partial charge in [0.15, 0.2) is 0 Å². The highest BCUT2D eigenvalue weighted by molar-refractivity contribution is 5.23. The average molecular weight is 298 g/mol. The number of aromatic amines is 1. The number of H-pyrrole nitrogens is 1. The third kappa shape index (κ3) is 3.09. The summed E-state index contributed by atoms with van der Waals surface area (Å²) >= 11 is 0. The van der Waals surface area contributed by atoms with Gasteiger partial charge >= 0.3 is 0 Å². The van der Waals surface area contributed by atoms with E-state index in [1.807, 2.05) is 24.5 Å². The van der Waals surface area contributed by atoms with Gasteiger partial charge in [-0.25, -0.2) is 4.98 Å². The van der Waals surface area contributed by atoms with Gasteiger partial charge in [0.1, 0.15) is 5.82 Å². The minimum atomic E-state index is -0.151. The van der Waals surface area contributed by atoms with Gasteiger partial charge in [-0.1, -0.05) is 20.8 Å². The molecule has 2 aromatic rings. The predicted molar refractivity (Wildman–Crippen MR) is 85.6 cm³/mol. The first-order chi connectivity index (χ1) is 10.4. The monoisotopic (exact) mass is 298 g/mol.